The van der Waals surface area contributed by atoms with Gasteiger partial charge in [-0.1, -0.05) is 158 Å². The number of nitriles is 1. The third-order valence-electron chi connectivity index (χ3n) is 12.8. The van der Waals surface area contributed by atoms with E-state index in [4.69, 9.17) is 0 Å². The Labute approximate surface area is 336 Å². The van der Waals surface area contributed by atoms with Gasteiger partial charge < -0.3 is 0 Å². The predicted octanol–water partition coefficient (Wildman–Crippen LogP) is 15.8. The normalized spacial score (nSPS) is 11.9. The maximum Gasteiger partial charge on any atom is 0.0991 e. The van der Waals surface area contributed by atoms with Crippen molar-refractivity contribution in [2.24, 2.45) is 0 Å². The molecule has 12 aromatic rings. The van der Waals surface area contributed by atoms with Gasteiger partial charge in [-0.05, 0) is 163 Å². The van der Waals surface area contributed by atoms with Crippen LogP contribution < -0.4 is 0 Å². The molecule has 0 bridgehead atoms. The Hall–Kier alpha value is -7.53. The first-order valence-corrected chi connectivity index (χ1v) is 20.1. The van der Waals surface area contributed by atoms with E-state index < -0.39 is 0 Å². The number of fused-ring (bicyclic) bond motifs is 8. The number of rotatable bonds is 4. The molecule has 0 aliphatic carbocycles. The number of hydrogen-bond acceptors (Lipinski definition) is 1. The van der Waals surface area contributed by atoms with E-state index in [1.807, 2.05) is 18.2 Å². The molecule has 12 aromatic carbocycles. The number of benzene rings is 10. The Morgan fingerprint density at radius 2 is 0.828 bits per heavy atom. The SMILES string of the molecule is Cc1cc(-c2cccc(C#N)c2)cc(C)c1-c1ccc2c3c(-c4ccccc4)c4cc5c6ccccc6c6cccc(c4c(-c4ccccc4)c3c3cccc1c23)c65. The van der Waals surface area contributed by atoms with Gasteiger partial charge in [0.25, 0.3) is 0 Å². The van der Waals surface area contributed by atoms with Crippen molar-refractivity contribution in [1.29, 1.82) is 5.26 Å². The minimum Gasteiger partial charge on any atom is -0.192 e. The summed E-state index contributed by atoms with van der Waals surface area (Å²) in [7, 11) is 0. The topological polar surface area (TPSA) is 23.8 Å². The highest BCUT2D eigenvalue weighted by molar-refractivity contribution is 6.45. The minimum atomic E-state index is 0.674. The van der Waals surface area contributed by atoms with E-state index >= 15 is 0 Å². The van der Waals surface area contributed by atoms with Crippen LogP contribution in [0.25, 0.3) is 120 Å². The number of nitrogens with zero attached hydrogens (tertiary/aromatic N) is 1. The van der Waals surface area contributed by atoms with Crippen LogP contribution in [0.1, 0.15) is 16.7 Å². The molecule has 268 valence electrons. The molecule has 0 aliphatic rings. The third-order valence-corrected chi connectivity index (χ3v) is 12.8. The van der Waals surface area contributed by atoms with Crippen LogP contribution in [0.15, 0.2) is 176 Å². The molecule has 0 fully saturated rings. The lowest BCUT2D eigenvalue weighted by Gasteiger charge is -2.19. The molecule has 0 saturated heterocycles. The fourth-order valence-corrected chi connectivity index (χ4v) is 10.6. The van der Waals surface area contributed by atoms with Crippen LogP contribution in [0.3, 0.4) is 0 Å². The molecule has 0 aliphatic heterocycles. The van der Waals surface area contributed by atoms with Gasteiger partial charge in [-0.15, -0.1) is 0 Å². The second-order valence-corrected chi connectivity index (χ2v) is 15.9. The summed E-state index contributed by atoms with van der Waals surface area (Å²) in [5.74, 6) is 0. The van der Waals surface area contributed by atoms with Crippen molar-refractivity contribution in [3.63, 3.8) is 0 Å². The Kier molecular flexibility index (Phi) is 6.89. The van der Waals surface area contributed by atoms with E-state index in [1.54, 1.807) is 0 Å². The standard InChI is InChI=1S/C57H35N/c1-33-28-39(38-19-11-14-35(30-38)32-58)29-34(2)50(33)44-26-27-47-53-43(44)23-13-25-46(53)57-52(37-17-7-4-8-18-37)55-45-24-12-22-42-40-20-9-10-21-41(40)48(54(42)45)31-49(55)51(56(47)57)36-15-5-3-6-16-36/h3-31H,1-2H3. The monoisotopic (exact) mass is 733 g/mol. The lowest BCUT2D eigenvalue weighted by Crippen LogP contribution is -1.92. The van der Waals surface area contributed by atoms with Crippen LogP contribution in [0, 0.1) is 25.2 Å². The Bertz CT molecular complexity index is 3660. The van der Waals surface area contributed by atoms with E-state index in [1.165, 1.54) is 120 Å². The van der Waals surface area contributed by atoms with Gasteiger partial charge in [-0.3, -0.25) is 0 Å². The average Bonchev–Trinajstić information content (AvgIpc) is 3.78. The summed E-state index contributed by atoms with van der Waals surface area (Å²) in [5, 5.41) is 27.9. The Morgan fingerprint density at radius 3 is 1.53 bits per heavy atom. The summed E-state index contributed by atoms with van der Waals surface area (Å²) < 4.78 is 0. The molecule has 0 N–H and O–H groups in total. The lowest BCUT2D eigenvalue weighted by molar-refractivity contribution is 1.38. The van der Waals surface area contributed by atoms with Crippen molar-refractivity contribution < 1.29 is 0 Å². The second kappa shape index (κ2) is 12.2. The molecule has 0 saturated carbocycles. The van der Waals surface area contributed by atoms with Gasteiger partial charge in [-0.2, -0.15) is 5.26 Å². The van der Waals surface area contributed by atoms with Gasteiger partial charge in [-0.25, -0.2) is 0 Å². The van der Waals surface area contributed by atoms with Gasteiger partial charge in [0.15, 0.2) is 0 Å². The predicted molar refractivity (Wildman–Crippen MR) is 247 cm³/mol. The van der Waals surface area contributed by atoms with E-state index in [-0.39, 0.29) is 0 Å². The van der Waals surface area contributed by atoms with Crippen LogP contribution in [0.4, 0.5) is 0 Å². The summed E-state index contributed by atoms with van der Waals surface area (Å²) in [6.45, 7) is 4.45. The molecule has 12 rings (SSSR count). The summed E-state index contributed by atoms with van der Waals surface area (Å²) in [5.41, 5.74) is 12.9. The van der Waals surface area contributed by atoms with Gasteiger partial charge in [0.1, 0.15) is 0 Å². The van der Waals surface area contributed by atoms with E-state index in [0.717, 1.165) is 11.1 Å². The van der Waals surface area contributed by atoms with Gasteiger partial charge >= 0.3 is 0 Å². The molecule has 0 aromatic heterocycles. The smallest absolute Gasteiger partial charge is 0.0991 e. The highest BCUT2D eigenvalue weighted by atomic mass is 14.3. The van der Waals surface area contributed by atoms with Crippen LogP contribution in [-0.2, 0) is 0 Å². The molecule has 0 unspecified atom stereocenters. The van der Waals surface area contributed by atoms with Crippen LogP contribution in [0.2, 0.25) is 0 Å². The quantitative estimate of drug-likeness (QED) is 0.165. The Balaban J connectivity index is 1.26. The van der Waals surface area contributed by atoms with Crippen molar-refractivity contribution in [2.45, 2.75) is 13.8 Å². The van der Waals surface area contributed by atoms with Crippen LogP contribution >= 0.6 is 0 Å². The van der Waals surface area contributed by atoms with Crippen molar-refractivity contribution in [3.05, 3.63) is 193 Å². The number of aryl methyl sites for hydroxylation is 2. The van der Waals surface area contributed by atoms with Crippen LogP contribution in [-0.4, -0.2) is 0 Å². The highest BCUT2D eigenvalue weighted by Gasteiger charge is 2.27. The minimum absolute atomic E-state index is 0.674. The zero-order valence-corrected chi connectivity index (χ0v) is 32.2. The molecule has 0 atom stereocenters. The summed E-state index contributed by atoms with van der Waals surface area (Å²) in [6, 6.07) is 67.0. The third kappa shape index (κ3) is 4.46. The summed E-state index contributed by atoms with van der Waals surface area (Å²) in [4.78, 5) is 0. The maximum atomic E-state index is 9.60. The van der Waals surface area contributed by atoms with Crippen molar-refractivity contribution in [1.82, 2.24) is 0 Å². The molecule has 0 heterocycles. The first-order chi connectivity index (χ1) is 28.6. The van der Waals surface area contributed by atoms with Crippen LogP contribution in [0.5, 0.6) is 0 Å². The fourth-order valence-electron chi connectivity index (χ4n) is 10.6. The summed E-state index contributed by atoms with van der Waals surface area (Å²) in [6.07, 6.45) is 0. The van der Waals surface area contributed by atoms with E-state index in [2.05, 4.69) is 178 Å². The molecule has 58 heavy (non-hydrogen) atoms. The summed E-state index contributed by atoms with van der Waals surface area (Å²) >= 11 is 0. The lowest BCUT2D eigenvalue weighted by atomic mass is 9.84. The zero-order valence-electron chi connectivity index (χ0n) is 32.2. The molecular weight excluding hydrogens is 699 g/mol. The maximum absolute atomic E-state index is 9.60. The number of hydrogen-bond donors (Lipinski definition) is 0. The zero-order chi connectivity index (χ0) is 38.6. The highest BCUT2D eigenvalue weighted by Crippen LogP contribution is 2.55. The molecule has 0 amide bonds. The largest absolute Gasteiger partial charge is 0.192 e. The second-order valence-electron chi connectivity index (χ2n) is 15.9. The van der Waals surface area contributed by atoms with Gasteiger partial charge in [0.2, 0.25) is 0 Å². The molecule has 0 spiro atoms. The van der Waals surface area contributed by atoms with E-state index in [9.17, 15) is 5.26 Å². The first kappa shape index (κ1) is 32.7. The van der Waals surface area contributed by atoms with Crippen molar-refractivity contribution >= 4 is 75.4 Å². The molecule has 1 nitrogen and oxygen atoms in total. The molecule has 1 heteroatoms. The van der Waals surface area contributed by atoms with Gasteiger partial charge in [0.05, 0.1) is 11.6 Å². The van der Waals surface area contributed by atoms with Crippen molar-refractivity contribution in [2.75, 3.05) is 0 Å². The fraction of sp³-hybridized carbons (Fsp3) is 0.0351. The Morgan fingerprint density at radius 1 is 0.310 bits per heavy atom. The van der Waals surface area contributed by atoms with Crippen molar-refractivity contribution in [3.8, 4) is 50.6 Å². The van der Waals surface area contributed by atoms with E-state index in [0.29, 0.717) is 5.56 Å². The average molecular weight is 734 g/mol. The molecule has 0 radical (unpaired) electrons. The molecular formula is C57H35N. The van der Waals surface area contributed by atoms with Gasteiger partial charge in [0, 0.05) is 0 Å². The first-order valence-electron chi connectivity index (χ1n) is 20.1.